The summed E-state index contributed by atoms with van der Waals surface area (Å²) in [4.78, 5) is 34.5. The number of amides is 2. The highest BCUT2D eigenvalue weighted by Crippen LogP contribution is 2.33. The van der Waals surface area contributed by atoms with Crippen molar-refractivity contribution in [2.75, 3.05) is 25.7 Å². The van der Waals surface area contributed by atoms with E-state index in [0.29, 0.717) is 24.4 Å². The molecule has 1 aliphatic heterocycles. The maximum atomic E-state index is 13.1. The van der Waals surface area contributed by atoms with E-state index in [4.69, 9.17) is 16.3 Å². The van der Waals surface area contributed by atoms with Gasteiger partial charge in [-0.15, -0.1) is 0 Å². The Kier molecular flexibility index (Phi) is 6.85. The Bertz CT molecular complexity index is 827. The molecule has 28 heavy (non-hydrogen) atoms. The Morgan fingerprint density at radius 1 is 1.43 bits per heavy atom. The molecule has 0 fully saturated rings. The van der Waals surface area contributed by atoms with Crippen LogP contribution in [0.15, 0.2) is 30.6 Å². The van der Waals surface area contributed by atoms with Gasteiger partial charge < -0.3 is 19.9 Å². The first kappa shape index (κ1) is 20.5. The van der Waals surface area contributed by atoms with E-state index in [1.54, 1.807) is 35.1 Å². The highest BCUT2D eigenvalue weighted by atomic mass is 35.5. The number of carbonyl (C=O) groups excluding carboxylic acids is 2. The SMILES string of the molecule is COC(=O)C(CCSC)NC(=O)N1CCc2[nH]cnc2C1c1ccc(Cl)cc1. The summed E-state index contributed by atoms with van der Waals surface area (Å²) < 4.78 is 4.85. The average molecular weight is 423 g/mol. The number of thioether (sulfide) groups is 1. The molecule has 7 nitrogen and oxygen atoms in total. The first-order chi connectivity index (χ1) is 13.5. The summed E-state index contributed by atoms with van der Waals surface area (Å²) in [5.41, 5.74) is 2.73. The summed E-state index contributed by atoms with van der Waals surface area (Å²) in [6, 6.07) is 6.02. The van der Waals surface area contributed by atoms with Gasteiger partial charge in [0.1, 0.15) is 12.1 Å². The number of methoxy groups -OCH3 is 1. The number of nitrogens with one attached hydrogen (secondary N) is 2. The van der Waals surface area contributed by atoms with Gasteiger partial charge in [-0.3, -0.25) is 0 Å². The molecule has 2 amide bonds. The number of H-pyrrole nitrogens is 1. The van der Waals surface area contributed by atoms with Crippen LogP contribution in [0.2, 0.25) is 5.02 Å². The predicted molar refractivity (Wildman–Crippen MR) is 110 cm³/mol. The maximum Gasteiger partial charge on any atom is 0.328 e. The molecule has 2 N–H and O–H groups in total. The number of fused-ring (bicyclic) bond motifs is 1. The van der Waals surface area contributed by atoms with E-state index in [1.807, 2.05) is 18.4 Å². The van der Waals surface area contributed by atoms with Gasteiger partial charge >= 0.3 is 12.0 Å². The van der Waals surface area contributed by atoms with Gasteiger partial charge in [-0.25, -0.2) is 14.6 Å². The van der Waals surface area contributed by atoms with Gasteiger partial charge in [0.15, 0.2) is 0 Å². The Morgan fingerprint density at radius 2 is 2.18 bits per heavy atom. The van der Waals surface area contributed by atoms with E-state index in [1.165, 1.54) is 7.11 Å². The second-order valence-corrected chi connectivity index (χ2v) is 7.89. The molecular weight excluding hydrogens is 400 g/mol. The van der Waals surface area contributed by atoms with Crippen LogP contribution in [0, 0.1) is 0 Å². The molecule has 9 heteroatoms. The van der Waals surface area contributed by atoms with Crippen molar-refractivity contribution in [3.05, 3.63) is 52.6 Å². The van der Waals surface area contributed by atoms with Gasteiger partial charge in [-0.2, -0.15) is 11.8 Å². The smallest absolute Gasteiger partial charge is 0.328 e. The van der Waals surface area contributed by atoms with E-state index >= 15 is 0 Å². The number of urea groups is 1. The standard InChI is InChI=1S/C19H23ClN4O3S/c1-27-18(25)15(8-10-28-2)23-19(26)24-9-7-14-16(22-11-21-14)17(24)12-3-5-13(20)6-4-12/h3-6,11,15,17H,7-10H2,1-2H3,(H,21,22)(H,23,26). The van der Waals surface area contributed by atoms with Crippen LogP contribution in [0.1, 0.15) is 29.4 Å². The lowest BCUT2D eigenvalue weighted by molar-refractivity contribution is -0.142. The molecule has 2 heterocycles. The average Bonchev–Trinajstić information content (AvgIpc) is 3.19. The number of ether oxygens (including phenoxy) is 1. The normalized spacial score (nSPS) is 17.0. The van der Waals surface area contributed by atoms with E-state index in [0.717, 1.165) is 22.7 Å². The minimum absolute atomic E-state index is 0.315. The van der Waals surface area contributed by atoms with Crippen LogP contribution in [0.25, 0.3) is 0 Å². The molecule has 3 rings (SSSR count). The van der Waals surface area contributed by atoms with Crippen LogP contribution < -0.4 is 5.32 Å². The number of aromatic nitrogens is 2. The second kappa shape index (κ2) is 9.34. The molecule has 0 bridgehead atoms. The van der Waals surface area contributed by atoms with Crippen molar-refractivity contribution in [2.24, 2.45) is 0 Å². The van der Waals surface area contributed by atoms with Crippen molar-refractivity contribution >= 4 is 35.4 Å². The molecule has 0 spiro atoms. The lowest BCUT2D eigenvalue weighted by Gasteiger charge is -2.36. The molecule has 1 aliphatic rings. The molecule has 1 aromatic heterocycles. The Labute approximate surface area is 173 Å². The van der Waals surface area contributed by atoms with Crippen LogP contribution in [0.4, 0.5) is 4.79 Å². The zero-order valence-corrected chi connectivity index (χ0v) is 17.3. The second-order valence-electron chi connectivity index (χ2n) is 6.47. The summed E-state index contributed by atoms with van der Waals surface area (Å²) in [6.45, 7) is 0.505. The molecule has 2 atom stereocenters. The fourth-order valence-corrected chi connectivity index (χ4v) is 3.93. The third-order valence-corrected chi connectivity index (χ3v) is 5.66. The van der Waals surface area contributed by atoms with Crippen LogP contribution in [-0.2, 0) is 16.0 Å². The first-order valence-electron chi connectivity index (χ1n) is 8.96. The van der Waals surface area contributed by atoms with E-state index in [-0.39, 0.29) is 12.1 Å². The zero-order valence-electron chi connectivity index (χ0n) is 15.8. The number of nitrogens with zero attached hydrogens (tertiary/aromatic N) is 2. The number of carbonyl (C=O) groups is 2. The lowest BCUT2D eigenvalue weighted by Crippen LogP contribution is -2.51. The van der Waals surface area contributed by atoms with Gasteiger partial charge in [0, 0.05) is 23.7 Å². The highest BCUT2D eigenvalue weighted by Gasteiger charge is 2.35. The summed E-state index contributed by atoms with van der Waals surface area (Å²) >= 11 is 7.64. The molecule has 0 saturated heterocycles. The maximum absolute atomic E-state index is 13.1. The number of hydrogen-bond acceptors (Lipinski definition) is 5. The van der Waals surface area contributed by atoms with Gasteiger partial charge in [0.25, 0.3) is 0 Å². The Balaban J connectivity index is 1.86. The fourth-order valence-electron chi connectivity index (χ4n) is 3.34. The summed E-state index contributed by atoms with van der Waals surface area (Å²) in [6.07, 6.45) is 4.77. The predicted octanol–water partition coefficient (Wildman–Crippen LogP) is 3.01. The molecule has 150 valence electrons. The number of benzene rings is 1. The minimum atomic E-state index is -0.684. The first-order valence-corrected chi connectivity index (χ1v) is 10.7. The number of esters is 1. The number of aromatic amines is 1. The van der Waals surface area contributed by atoms with Crippen molar-refractivity contribution in [1.82, 2.24) is 20.2 Å². The highest BCUT2D eigenvalue weighted by molar-refractivity contribution is 7.98. The third kappa shape index (κ3) is 4.44. The summed E-state index contributed by atoms with van der Waals surface area (Å²) in [7, 11) is 1.33. The number of rotatable bonds is 6. The molecule has 0 saturated carbocycles. The molecule has 0 aliphatic carbocycles. The van der Waals surface area contributed by atoms with Gasteiger partial charge in [-0.1, -0.05) is 23.7 Å². The van der Waals surface area contributed by atoms with Crippen LogP contribution >= 0.6 is 23.4 Å². The van der Waals surface area contributed by atoms with Crippen LogP contribution in [-0.4, -0.2) is 58.6 Å². The van der Waals surface area contributed by atoms with Crippen molar-refractivity contribution in [2.45, 2.75) is 24.9 Å². The van der Waals surface area contributed by atoms with Crippen LogP contribution in [0.3, 0.4) is 0 Å². The Morgan fingerprint density at radius 3 is 2.86 bits per heavy atom. The van der Waals surface area contributed by atoms with Gasteiger partial charge in [-0.05, 0) is 36.1 Å². The topological polar surface area (TPSA) is 87.3 Å². The number of halogens is 1. The monoisotopic (exact) mass is 422 g/mol. The zero-order chi connectivity index (χ0) is 20.1. The Hall–Kier alpha value is -2.19. The molecule has 0 radical (unpaired) electrons. The number of imidazole rings is 1. The van der Waals surface area contributed by atoms with Gasteiger partial charge in [0.05, 0.1) is 19.1 Å². The van der Waals surface area contributed by atoms with E-state index in [2.05, 4.69) is 15.3 Å². The minimum Gasteiger partial charge on any atom is -0.467 e. The molecule has 2 aromatic rings. The van der Waals surface area contributed by atoms with Crippen molar-refractivity contribution in [3.8, 4) is 0 Å². The summed E-state index contributed by atoms with van der Waals surface area (Å²) in [5, 5.41) is 3.47. The van der Waals surface area contributed by atoms with Crippen LogP contribution in [0.5, 0.6) is 0 Å². The third-order valence-electron chi connectivity index (χ3n) is 4.77. The lowest BCUT2D eigenvalue weighted by atomic mass is 9.96. The van der Waals surface area contributed by atoms with E-state index in [9.17, 15) is 9.59 Å². The largest absolute Gasteiger partial charge is 0.467 e. The van der Waals surface area contributed by atoms with Crippen molar-refractivity contribution in [3.63, 3.8) is 0 Å². The molecule has 2 unspecified atom stereocenters. The molecular formula is C19H23ClN4O3S. The van der Waals surface area contributed by atoms with Crippen molar-refractivity contribution in [1.29, 1.82) is 0 Å². The summed E-state index contributed by atoms with van der Waals surface area (Å²) in [5.74, 6) is 0.299. The number of hydrogen-bond donors (Lipinski definition) is 2. The van der Waals surface area contributed by atoms with Gasteiger partial charge in [0.2, 0.25) is 0 Å². The molecule has 1 aromatic carbocycles. The quantitative estimate of drug-likeness (QED) is 0.699. The fraction of sp³-hybridized carbons (Fsp3) is 0.421. The van der Waals surface area contributed by atoms with E-state index < -0.39 is 12.0 Å². The van der Waals surface area contributed by atoms with Crippen molar-refractivity contribution < 1.29 is 14.3 Å².